The molecular weight excluding hydrogens is 400 g/mol. The first-order valence-electron chi connectivity index (χ1n) is 8.94. The molecule has 0 saturated carbocycles. The molecule has 0 saturated heterocycles. The Morgan fingerprint density at radius 2 is 1.96 bits per heavy atom. The van der Waals surface area contributed by atoms with Crippen LogP contribution < -0.4 is 4.74 Å². The van der Waals surface area contributed by atoms with Crippen molar-refractivity contribution in [3.05, 3.63) is 40.3 Å². The highest BCUT2D eigenvalue weighted by Crippen LogP contribution is 2.24. The molecule has 28 heavy (non-hydrogen) atoms. The molecule has 154 valence electrons. The lowest BCUT2D eigenvalue weighted by molar-refractivity contribution is 0.124. The quantitative estimate of drug-likeness (QED) is 0.608. The molecule has 1 heterocycles. The van der Waals surface area contributed by atoms with Crippen molar-refractivity contribution in [3.63, 3.8) is 0 Å². The normalized spacial score (nSPS) is 12.4. The second kappa shape index (κ2) is 9.88. The summed E-state index contributed by atoms with van der Waals surface area (Å²) >= 11 is 1.57. The topological polar surface area (TPSA) is 85.8 Å². The minimum absolute atomic E-state index is 0.214. The number of sulfone groups is 1. The van der Waals surface area contributed by atoms with Crippen LogP contribution in [0.25, 0.3) is 0 Å². The number of hydrogen-bond donors (Lipinski definition) is 0. The van der Waals surface area contributed by atoms with Crippen molar-refractivity contribution in [2.45, 2.75) is 37.7 Å². The SMILES string of the molecule is CCN(CCC(C)c1nc(COc2ccc(S(C)(=O)=O)cc2)cs1)C(=O)OC. The highest BCUT2D eigenvalue weighted by atomic mass is 32.2. The molecule has 9 heteroatoms. The van der Waals surface area contributed by atoms with E-state index in [2.05, 4.69) is 11.9 Å². The number of hydrogen-bond acceptors (Lipinski definition) is 7. The smallest absolute Gasteiger partial charge is 0.409 e. The van der Waals surface area contributed by atoms with Gasteiger partial charge in [0, 0.05) is 30.6 Å². The number of amides is 1. The van der Waals surface area contributed by atoms with Gasteiger partial charge in [-0.2, -0.15) is 0 Å². The molecule has 7 nitrogen and oxygen atoms in total. The average Bonchev–Trinajstić information content (AvgIpc) is 3.15. The van der Waals surface area contributed by atoms with Gasteiger partial charge in [-0.3, -0.25) is 0 Å². The van der Waals surface area contributed by atoms with Gasteiger partial charge in [-0.25, -0.2) is 18.2 Å². The van der Waals surface area contributed by atoms with Gasteiger partial charge in [-0.15, -0.1) is 11.3 Å². The van der Waals surface area contributed by atoms with Crippen LogP contribution in [0, 0.1) is 0 Å². The number of carbonyl (C=O) groups excluding carboxylic acids is 1. The Hall–Kier alpha value is -2.13. The average molecular weight is 427 g/mol. The van der Waals surface area contributed by atoms with Crippen molar-refractivity contribution >= 4 is 27.3 Å². The van der Waals surface area contributed by atoms with Gasteiger partial charge >= 0.3 is 6.09 Å². The van der Waals surface area contributed by atoms with E-state index in [1.54, 1.807) is 28.4 Å². The van der Waals surface area contributed by atoms with Gasteiger partial charge in [0.1, 0.15) is 12.4 Å². The van der Waals surface area contributed by atoms with Crippen molar-refractivity contribution in [2.24, 2.45) is 0 Å². The van der Waals surface area contributed by atoms with Gasteiger partial charge in [0.05, 0.1) is 22.7 Å². The minimum Gasteiger partial charge on any atom is -0.487 e. The summed E-state index contributed by atoms with van der Waals surface area (Å²) in [5, 5.41) is 2.95. The van der Waals surface area contributed by atoms with Crippen LogP contribution >= 0.6 is 11.3 Å². The zero-order valence-electron chi connectivity index (χ0n) is 16.5. The lowest BCUT2D eigenvalue weighted by Gasteiger charge is -2.20. The number of aromatic nitrogens is 1. The van der Waals surface area contributed by atoms with Gasteiger partial charge in [-0.05, 0) is 37.6 Å². The molecule has 0 spiro atoms. The first kappa shape index (κ1) is 22.2. The Kier molecular flexibility index (Phi) is 7.82. The highest BCUT2D eigenvalue weighted by molar-refractivity contribution is 7.90. The molecule has 0 N–H and O–H groups in total. The van der Waals surface area contributed by atoms with E-state index in [0.717, 1.165) is 17.1 Å². The molecule has 1 amide bonds. The second-order valence-electron chi connectivity index (χ2n) is 6.45. The Morgan fingerprint density at radius 1 is 1.29 bits per heavy atom. The van der Waals surface area contributed by atoms with Crippen molar-refractivity contribution in [3.8, 4) is 5.75 Å². The standard InChI is InChI=1S/C19H26N2O5S2/c1-5-21(19(22)25-3)11-10-14(2)18-20-15(13-27-18)12-26-16-6-8-17(9-7-16)28(4,23)24/h6-9,13-14H,5,10-12H2,1-4H3. The number of thiazole rings is 1. The van der Waals surface area contributed by atoms with Crippen LogP contribution in [0.1, 0.15) is 36.9 Å². The van der Waals surface area contributed by atoms with Crippen molar-refractivity contribution in [1.82, 2.24) is 9.88 Å². The molecule has 0 aliphatic heterocycles. The number of ether oxygens (including phenoxy) is 2. The van der Waals surface area contributed by atoms with Gasteiger partial charge in [0.2, 0.25) is 0 Å². The fraction of sp³-hybridized carbons (Fsp3) is 0.474. The maximum absolute atomic E-state index is 11.6. The van der Waals surface area contributed by atoms with Gasteiger partial charge < -0.3 is 14.4 Å². The molecule has 1 unspecified atom stereocenters. The molecule has 0 radical (unpaired) electrons. The monoisotopic (exact) mass is 426 g/mol. The third-order valence-corrected chi connectivity index (χ3v) is 6.53. The maximum atomic E-state index is 11.6. The fourth-order valence-electron chi connectivity index (χ4n) is 2.54. The number of carbonyl (C=O) groups is 1. The number of benzene rings is 1. The summed E-state index contributed by atoms with van der Waals surface area (Å²) in [6.07, 6.45) is 1.65. The number of rotatable bonds is 9. The molecule has 1 aromatic heterocycles. The van der Waals surface area contributed by atoms with Crippen molar-refractivity contribution in [1.29, 1.82) is 0 Å². The van der Waals surface area contributed by atoms with E-state index in [0.29, 0.717) is 25.4 Å². The van der Waals surface area contributed by atoms with Crippen molar-refractivity contribution in [2.75, 3.05) is 26.5 Å². The molecule has 0 fully saturated rings. The lowest BCUT2D eigenvalue weighted by atomic mass is 10.1. The molecule has 0 bridgehead atoms. The summed E-state index contributed by atoms with van der Waals surface area (Å²) in [6, 6.07) is 6.33. The van der Waals surface area contributed by atoms with Crippen LogP contribution in [0.15, 0.2) is 34.5 Å². The predicted octanol–water partition coefficient (Wildman–Crippen LogP) is 3.71. The van der Waals surface area contributed by atoms with Crippen LogP contribution in [0.4, 0.5) is 4.79 Å². The molecule has 2 aromatic rings. The molecule has 0 aliphatic carbocycles. The van der Waals surface area contributed by atoms with Gasteiger partial charge in [0.15, 0.2) is 9.84 Å². The zero-order chi connectivity index (χ0) is 20.7. The molecule has 1 atom stereocenters. The summed E-state index contributed by atoms with van der Waals surface area (Å²) < 4.78 is 33.4. The minimum atomic E-state index is -3.21. The maximum Gasteiger partial charge on any atom is 0.409 e. The second-order valence-corrected chi connectivity index (χ2v) is 9.35. The zero-order valence-corrected chi connectivity index (χ0v) is 18.2. The predicted molar refractivity (Wildman–Crippen MR) is 109 cm³/mol. The highest BCUT2D eigenvalue weighted by Gasteiger charge is 2.16. The first-order chi connectivity index (χ1) is 13.2. The Bertz CT molecular complexity index is 878. The summed E-state index contributed by atoms with van der Waals surface area (Å²) in [6.45, 7) is 5.53. The van der Waals surface area contributed by atoms with E-state index in [9.17, 15) is 13.2 Å². The Labute approximate surface area is 170 Å². The Balaban J connectivity index is 1.88. The van der Waals surface area contributed by atoms with Gasteiger partial charge in [-0.1, -0.05) is 6.92 Å². The van der Waals surface area contributed by atoms with E-state index in [1.165, 1.54) is 25.5 Å². The summed E-state index contributed by atoms with van der Waals surface area (Å²) in [5.41, 5.74) is 0.819. The van der Waals surface area contributed by atoms with Crippen LogP contribution in [0.5, 0.6) is 5.75 Å². The summed E-state index contributed by atoms with van der Waals surface area (Å²) in [4.78, 5) is 18.2. The van der Waals surface area contributed by atoms with Crippen LogP contribution in [0.2, 0.25) is 0 Å². The molecule has 2 rings (SSSR count). The van der Waals surface area contributed by atoms with E-state index in [1.807, 2.05) is 12.3 Å². The van der Waals surface area contributed by atoms with E-state index in [-0.39, 0.29) is 16.9 Å². The van der Waals surface area contributed by atoms with E-state index >= 15 is 0 Å². The van der Waals surface area contributed by atoms with Crippen LogP contribution in [-0.2, 0) is 21.2 Å². The van der Waals surface area contributed by atoms with E-state index in [4.69, 9.17) is 9.47 Å². The summed E-state index contributed by atoms with van der Waals surface area (Å²) in [5.74, 6) is 0.804. The molecule has 0 aliphatic rings. The van der Waals surface area contributed by atoms with Gasteiger partial charge in [0.25, 0.3) is 0 Å². The molecule has 1 aromatic carbocycles. The fourth-order valence-corrected chi connectivity index (χ4v) is 4.06. The summed E-state index contributed by atoms with van der Waals surface area (Å²) in [7, 11) is -1.83. The van der Waals surface area contributed by atoms with E-state index < -0.39 is 9.84 Å². The third kappa shape index (κ3) is 6.20. The number of nitrogens with zero attached hydrogens (tertiary/aromatic N) is 2. The third-order valence-electron chi connectivity index (χ3n) is 4.28. The molecular formula is C19H26N2O5S2. The van der Waals surface area contributed by atoms with Crippen LogP contribution in [0.3, 0.4) is 0 Å². The Morgan fingerprint density at radius 3 is 2.54 bits per heavy atom. The van der Waals surface area contributed by atoms with Crippen LogP contribution in [-0.4, -0.2) is 50.9 Å². The first-order valence-corrected chi connectivity index (χ1v) is 11.7. The van der Waals surface area contributed by atoms with Crippen molar-refractivity contribution < 1.29 is 22.7 Å². The largest absolute Gasteiger partial charge is 0.487 e. The lowest BCUT2D eigenvalue weighted by Crippen LogP contribution is -2.32. The number of methoxy groups -OCH3 is 1.